The van der Waals surface area contributed by atoms with Crippen LogP contribution in [0, 0.1) is 19.3 Å². The van der Waals surface area contributed by atoms with Crippen LogP contribution in [-0.4, -0.2) is 22.7 Å². The zero-order valence-electron chi connectivity index (χ0n) is 12.3. The number of amidine groups is 1. The van der Waals surface area contributed by atoms with Crippen molar-refractivity contribution in [3.63, 3.8) is 0 Å². The highest BCUT2D eigenvalue weighted by molar-refractivity contribution is 5.85. The van der Waals surface area contributed by atoms with E-state index in [1.807, 2.05) is 27.7 Å². The maximum atomic E-state index is 8.72. The van der Waals surface area contributed by atoms with Gasteiger partial charge in [0.1, 0.15) is 11.6 Å². The van der Waals surface area contributed by atoms with Crippen molar-refractivity contribution in [3.05, 3.63) is 17.0 Å². The summed E-state index contributed by atoms with van der Waals surface area (Å²) >= 11 is 0. The van der Waals surface area contributed by atoms with E-state index in [9.17, 15) is 0 Å². The SMILES string of the molecule is Cc1noc(C)c1C(C)NCCC(C)(C)C(N)=NO. The maximum Gasteiger partial charge on any atom is 0.144 e. The molecule has 19 heavy (non-hydrogen) atoms. The predicted octanol–water partition coefficient (Wildman–Crippen LogP) is 2.10. The predicted molar refractivity (Wildman–Crippen MR) is 74.2 cm³/mol. The Labute approximate surface area is 114 Å². The van der Waals surface area contributed by atoms with Gasteiger partial charge in [-0.2, -0.15) is 0 Å². The van der Waals surface area contributed by atoms with Crippen molar-refractivity contribution in [1.29, 1.82) is 0 Å². The molecule has 0 aromatic carbocycles. The van der Waals surface area contributed by atoms with Crippen molar-refractivity contribution in [2.45, 2.75) is 47.1 Å². The standard InChI is InChI=1S/C13H24N4O2/c1-8(11-9(2)17-19-10(11)3)15-7-6-13(4,5)12(14)16-18/h8,15,18H,6-7H2,1-5H3,(H2,14,16). The van der Waals surface area contributed by atoms with Gasteiger partial charge in [0.25, 0.3) is 0 Å². The molecule has 1 aromatic heterocycles. The molecular formula is C13H24N4O2. The Morgan fingerprint density at radius 3 is 2.63 bits per heavy atom. The Bertz CT molecular complexity index is 432. The lowest BCUT2D eigenvalue weighted by molar-refractivity contribution is 0.304. The van der Waals surface area contributed by atoms with Crippen molar-refractivity contribution in [2.75, 3.05) is 6.54 Å². The molecule has 0 saturated heterocycles. The summed E-state index contributed by atoms with van der Waals surface area (Å²) in [6.07, 6.45) is 0.774. The molecule has 108 valence electrons. The van der Waals surface area contributed by atoms with Crippen LogP contribution in [0.15, 0.2) is 9.68 Å². The number of rotatable bonds is 6. The topological polar surface area (TPSA) is 96.7 Å². The third-order valence-electron chi connectivity index (χ3n) is 3.52. The Morgan fingerprint density at radius 1 is 1.53 bits per heavy atom. The minimum absolute atomic E-state index is 0.161. The lowest BCUT2D eigenvalue weighted by Gasteiger charge is -2.24. The molecular weight excluding hydrogens is 244 g/mol. The fourth-order valence-electron chi connectivity index (χ4n) is 2.07. The molecule has 0 aliphatic heterocycles. The van der Waals surface area contributed by atoms with Gasteiger partial charge in [0.2, 0.25) is 0 Å². The number of nitrogens with zero attached hydrogens (tertiary/aromatic N) is 2. The minimum Gasteiger partial charge on any atom is -0.409 e. The van der Waals surface area contributed by atoms with E-state index in [2.05, 4.69) is 22.6 Å². The number of aryl methyl sites for hydroxylation is 2. The van der Waals surface area contributed by atoms with Gasteiger partial charge >= 0.3 is 0 Å². The molecule has 0 bridgehead atoms. The lowest BCUT2D eigenvalue weighted by Crippen LogP contribution is -2.35. The second-order valence-electron chi connectivity index (χ2n) is 5.53. The van der Waals surface area contributed by atoms with E-state index in [-0.39, 0.29) is 17.3 Å². The van der Waals surface area contributed by atoms with Crippen LogP contribution < -0.4 is 11.1 Å². The molecule has 0 fully saturated rings. The summed E-state index contributed by atoms with van der Waals surface area (Å²) in [5.74, 6) is 1.09. The van der Waals surface area contributed by atoms with Crippen LogP contribution in [0.4, 0.5) is 0 Å². The molecule has 0 amide bonds. The fourth-order valence-corrected chi connectivity index (χ4v) is 2.07. The summed E-state index contributed by atoms with van der Waals surface area (Å²) in [6.45, 7) is 10.6. The van der Waals surface area contributed by atoms with E-state index < -0.39 is 0 Å². The van der Waals surface area contributed by atoms with Crippen molar-refractivity contribution in [3.8, 4) is 0 Å². The van der Waals surface area contributed by atoms with Crippen LogP contribution in [0.1, 0.15) is 50.3 Å². The Kier molecular flexibility index (Phi) is 4.94. The normalized spacial score (nSPS) is 14.7. The minimum atomic E-state index is -0.333. The molecule has 4 N–H and O–H groups in total. The van der Waals surface area contributed by atoms with Crippen molar-refractivity contribution < 1.29 is 9.73 Å². The van der Waals surface area contributed by atoms with Crippen LogP contribution >= 0.6 is 0 Å². The summed E-state index contributed by atoms with van der Waals surface area (Å²) in [5.41, 5.74) is 7.33. The molecule has 1 unspecified atom stereocenters. The van der Waals surface area contributed by atoms with Gasteiger partial charge in [-0.25, -0.2) is 0 Å². The number of oxime groups is 1. The van der Waals surface area contributed by atoms with Gasteiger partial charge in [0.05, 0.1) is 5.69 Å². The first-order valence-electron chi connectivity index (χ1n) is 6.43. The van der Waals surface area contributed by atoms with Gasteiger partial charge in [-0.15, -0.1) is 0 Å². The molecule has 0 radical (unpaired) electrons. The van der Waals surface area contributed by atoms with Crippen LogP contribution in [0.3, 0.4) is 0 Å². The van der Waals surface area contributed by atoms with E-state index in [1.54, 1.807) is 0 Å². The van der Waals surface area contributed by atoms with E-state index in [1.165, 1.54) is 0 Å². The molecule has 1 heterocycles. The second-order valence-corrected chi connectivity index (χ2v) is 5.53. The molecule has 1 atom stereocenters. The largest absolute Gasteiger partial charge is 0.409 e. The third kappa shape index (κ3) is 3.70. The highest BCUT2D eigenvalue weighted by Crippen LogP contribution is 2.23. The first-order chi connectivity index (χ1) is 8.79. The quantitative estimate of drug-likeness (QED) is 0.318. The summed E-state index contributed by atoms with van der Waals surface area (Å²) < 4.78 is 5.16. The Hall–Kier alpha value is -1.56. The van der Waals surface area contributed by atoms with Gasteiger partial charge in [0, 0.05) is 17.0 Å². The van der Waals surface area contributed by atoms with Gasteiger partial charge in [-0.05, 0) is 33.7 Å². The van der Waals surface area contributed by atoms with Gasteiger partial charge in [0.15, 0.2) is 0 Å². The van der Waals surface area contributed by atoms with Crippen LogP contribution in [0.5, 0.6) is 0 Å². The number of nitrogens with two attached hydrogens (primary N) is 1. The van der Waals surface area contributed by atoms with Crippen LogP contribution in [0.25, 0.3) is 0 Å². The number of nitrogens with one attached hydrogen (secondary N) is 1. The Morgan fingerprint density at radius 2 is 2.16 bits per heavy atom. The number of hydrogen-bond donors (Lipinski definition) is 3. The highest BCUT2D eigenvalue weighted by atomic mass is 16.5. The van der Waals surface area contributed by atoms with Gasteiger partial charge in [-0.3, -0.25) is 0 Å². The average molecular weight is 268 g/mol. The molecule has 6 nitrogen and oxygen atoms in total. The summed E-state index contributed by atoms with van der Waals surface area (Å²) in [7, 11) is 0. The first kappa shape index (κ1) is 15.5. The average Bonchev–Trinajstić information content (AvgIpc) is 2.67. The second kappa shape index (κ2) is 6.06. The zero-order valence-corrected chi connectivity index (χ0v) is 12.3. The van der Waals surface area contributed by atoms with E-state index in [0.29, 0.717) is 0 Å². The Balaban J connectivity index is 2.55. The molecule has 0 saturated carbocycles. The van der Waals surface area contributed by atoms with Crippen molar-refractivity contribution >= 4 is 5.84 Å². The summed E-state index contributed by atoms with van der Waals surface area (Å²) in [6, 6.07) is 0.161. The van der Waals surface area contributed by atoms with Gasteiger partial charge < -0.3 is 20.8 Å². The molecule has 6 heteroatoms. The van der Waals surface area contributed by atoms with Crippen LogP contribution in [0.2, 0.25) is 0 Å². The summed E-state index contributed by atoms with van der Waals surface area (Å²) in [5, 5.41) is 19.2. The van der Waals surface area contributed by atoms with E-state index in [4.69, 9.17) is 15.5 Å². The first-order valence-corrected chi connectivity index (χ1v) is 6.43. The molecule has 0 aliphatic rings. The fraction of sp³-hybridized carbons (Fsp3) is 0.692. The molecule has 1 rings (SSSR count). The zero-order chi connectivity index (χ0) is 14.6. The number of hydrogen-bond acceptors (Lipinski definition) is 5. The molecule has 0 aliphatic carbocycles. The monoisotopic (exact) mass is 268 g/mol. The van der Waals surface area contributed by atoms with Crippen molar-refractivity contribution in [1.82, 2.24) is 10.5 Å². The van der Waals surface area contributed by atoms with Crippen molar-refractivity contribution in [2.24, 2.45) is 16.3 Å². The smallest absolute Gasteiger partial charge is 0.144 e. The van der Waals surface area contributed by atoms with E-state index >= 15 is 0 Å². The van der Waals surface area contributed by atoms with Crippen LogP contribution in [-0.2, 0) is 0 Å². The van der Waals surface area contributed by atoms with Gasteiger partial charge in [-0.1, -0.05) is 24.2 Å². The lowest BCUT2D eigenvalue weighted by atomic mass is 9.88. The molecule has 1 aromatic rings. The number of aromatic nitrogens is 1. The van der Waals surface area contributed by atoms with E-state index in [0.717, 1.165) is 30.0 Å². The maximum absolute atomic E-state index is 8.72. The third-order valence-corrected chi connectivity index (χ3v) is 3.52. The summed E-state index contributed by atoms with van der Waals surface area (Å²) in [4.78, 5) is 0. The molecule has 0 spiro atoms. The highest BCUT2D eigenvalue weighted by Gasteiger charge is 2.24.